The summed E-state index contributed by atoms with van der Waals surface area (Å²) < 4.78 is 37.4. The van der Waals surface area contributed by atoms with Crippen LogP contribution in [0.4, 0.5) is 13.2 Å². The van der Waals surface area contributed by atoms with Crippen LogP contribution in [0.1, 0.15) is 37.8 Å². The summed E-state index contributed by atoms with van der Waals surface area (Å²) in [6.07, 6.45) is -4.44. The Labute approximate surface area is 115 Å². The van der Waals surface area contributed by atoms with Gasteiger partial charge in [-0.05, 0) is 23.6 Å². The Hall–Kier alpha value is -1.56. The van der Waals surface area contributed by atoms with Crippen LogP contribution in [0.15, 0.2) is 24.3 Å². The summed E-state index contributed by atoms with van der Waals surface area (Å²) in [6.45, 7) is 4.58. The fraction of sp³-hybridized carbons (Fsp3) is 0.500. The highest BCUT2D eigenvalue weighted by Crippen LogP contribution is 2.36. The van der Waals surface area contributed by atoms with Crippen molar-refractivity contribution in [3.8, 4) is 0 Å². The number of halogens is 3. The van der Waals surface area contributed by atoms with Crippen molar-refractivity contribution >= 4 is 5.97 Å². The van der Waals surface area contributed by atoms with Gasteiger partial charge in [-0.15, -0.1) is 0 Å². The lowest BCUT2D eigenvalue weighted by Gasteiger charge is -2.34. The quantitative estimate of drug-likeness (QED) is 0.894. The molecule has 0 aromatic heterocycles. The molecule has 112 valence electrons. The molecule has 6 heteroatoms. The summed E-state index contributed by atoms with van der Waals surface area (Å²) in [7, 11) is 0. The van der Waals surface area contributed by atoms with Gasteiger partial charge in [0, 0.05) is 5.92 Å². The Morgan fingerprint density at radius 2 is 1.55 bits per heavy atom. The second-order valence-electron chi connectivity index (χ2n) is 5.13. The molecule has 3 nitrogen and oxygen atoms in total. The molecule has 1 aromatic carbocycles. The molecule has 0 aliphatic heterocycles. The largest absolute Gasteiger partial charge is 0.479 e. The van der Waals surface area contributed by atoms with E-state index in [2.05, 4.69) is 0 Å². The highest BCUT2D eigenvalue weighted by atomic mass is 19.4. The summed E-state index contributed by atoms with van der Waals surface area (Å²) >= 11 is 0. The summed E-state index contributed by atoms with van der Waals surface area (Å²) in [5.74, 6) is -2.81. The van der Waals surface area contributed by atoms with Crippen molar-refractivity contribution in [1.29, 1.82) is 0 Å². The molecule has 0 heterocycles. The molecule has 0 fully saturated rings. The van der Waals surface area contributed by atoms with Crippen LogP contribution in [-0.2, 0) is 11.0 Å². The number of benzene rings is 1. The zero-order chi connectivity index (χ0) is 15.7. The maximum atomic E-state index is 12.5. The second kappa shape index (κ2) is 5.44. The monoisotopic (exact) mass is 290 g/mol. The number of rotatable bonds is 4. The van der Waals surface area contributed by atoms with Crippen molar-refractivity contribution < 1.29 is 28.2 Å². The molecule has 0 spiro atoms. The average molecular weight is 290 g/mol. The lowest BCUT2D eigenvalue weighted by atomic mass is 9.76. The third-order valence-corrected chi connectivity index (χ3v) is 3.62. The van der Waals surface area contributed by atoms with Crippen LogP contribution in [0.3, 0.4) is 0 Å². The summed E-state index contributed by atoms with van der Waals surface area (Å²) in [6, 6.07) is 4.16. The van der Waals surface area contributed by atoms with Crippen molar-refractivity contribution in [3.05, 3.63) is 35.4 Å². The first-order valence-electron chi connectivity index (χ1n) is 6.14. The van der Waals surface area contributed by atoms with Crippen LogP contribution in [0.25, 0.3) is 0 Å². The standard InChI is InChI=1S/C14H17F3O3/c1-8(2)13(20,12(18)19)9(3)10-4-6-11(7-5-10)14(15,16)17/h4-9,20H,1-3H3,(H,18,19). The minimum Gasteiger partial charge on any atom is -0.479 e. The van der Waals surface area contributed by atoms with Gasteiger partial charge in [0.05, 0.1) is 5.56 Å². The molecule has 2 N–H and O–H groups in total. The van der Waals surface area contributed by atoms with Crippen molar-refractivity contribution in [2.45, 2.75) is 38.5 Å². The number of hydrogen-bond acceptors (Lipinski definition) is 2. The van der Waals surface area contributed by atoms with E-state index in [0.717, 1.165) is 12.1 Å². The number of carbonyl (C=O) groups is 1. The molecule has 0 saturated carbocycles. The molecule has 0 bridgehead atoms. The van der Waals surface area contributed by atoms with Gasteiger partial charge in [-0.2, -0.15) is 13.2 Å². The molecule has 1 aromatic rings. The Kier molecular flexibility index (Phi) is 4.49. The fourth-order valence-corrected chi connectivity index (χ4v) is 2.15. The Bertz CT molecular complexity index is 479. The highest BCUT2D eigenvalue weighted by molar-refractivity contribution is 5.79. The van der Waals surface area contributed by atoms with Crippen LogP contribution in [0.5, 0.6) is 0 Å². The molecule has 2 atom stereocenters. The molecule has 0 saturated heterocycles. The molecule has 0 amide bonds. The van der Waals surface area contributed by atoms with Gasteiger partial charge >= 0.3 is 12.1 Å². The molecular formula is C14H17F3O3. The number of aliphatic hydroxyl groups is 1. The van der Waals surface area contributed by atoms with Crippen LogP contribution < -0.4 is 0 Å². The molecule has 0 radical (unpaired) electrons. The van der Waals surface area contributed by atoms with Gasteiger partial charge in [-0.1, -0.05) is 32.9 Å². The van der Waals surface area contributed by atoms with E-state index in [4.69, 9.17) is 0 Å². The average Bonchev–Trinajstić information content (AvgIpc) is 2.35. The van der Waals surface area contributed by atoms with Crippen LogP contribution in [-0.4, -0.2) is 21.8 Å². The van der Waals surface area contributed by atoms with E-state index in [-0.39, 0.29) is 0 Å². The van der Waals surface area contributed by atoms with Gasteiger partial charge in [0.1, 0.15) is 0 Å². The minimum absolute atomic E-state index is 0.344. The lowest BCUT2D eigenvalue weighted by molar-refractivity contribution is -0.166. The lowest BCUT2D eigenvalue weighted by Crippen LogP contribution is -2.48. The third kappa shape index (κ3) is 2.95. The van der Waals surface area contributed by atoms with Gasteiger partial charge < -0.3 is 10.2 Å². The Morgan fingerprint density at radius 1 is 1.10 bits per heavy atom. The summed E-state index contributed by atoms with van der Waals surface area (Å²) in [5.41, 5.74) is -2.49. The smallest absolute Gasteiger partial charge is 0.416 e. The van der Waals surface area contributed by atoms with Crippen molar-refractivity contribution in [1.82, 2.24) is 0 Å². The molecular weight excluding hydrogens is 273 g/mol. The van der Waals surface area contributed by atoms with Gasteiger partial charge in [0.25, 0.3) is 0 Å². The van der Waals surface area contributed by atoms with Crippen LogP contribution in [0, 0.1) is 5.92 Å². The predicted octanol–water partition coefficient (Wildman–Crippen LogP) is 3.28. The molecule has 2 unspecified atom stereocenters. The van der Waals surface area contributed by atoms with Crippen LogP contribution in [0.2, 0.25) is 0 Å². The first-order chi connectivity index (χ1) is 9.01. The number of carboxylic acid groups (broad SMARTS) is 1. The van der Waals surface area contributed by atoms with Crippen molar-refractivity contribution in [3.63, 3.8) is 0 Å². The van der Waals surface area contributed by atoms with E-state index in [1.807, 2.05) is 0 Å². The number of alkyl halides is 3. The first kappa shape index (κ1) is 16.5. The SMILES string of the molecule is CC(C)C(O)(C(=O)O)C(C)c1ccc(C(F)(F)F)cc1. The van der Waals surface area contributed by atoms with Gasteiger partial charge in [-0.25, -0.2) is 4.79 Å². The van der Waals surface area contributed by atoms with E-state index in [9.17, 15) is 28.2 Å². The summed E-state index contributed by atoms with van der Waals surface area (Å²) in [5, 5.41) is 19.5. The van der Waals surface area contributed by atoms with E-state index >= 15 is 0 Å². The molecule has 1 rings (SSSR count). The number of hydrogen-bond donors (Lipinski definition) is 2. The Morgan fingerprint density at radius 3 is 1.85 bits per heavy atom. The third-order valence-electron chi connectivity index (χ3n) is 3.62. The van der Waals surface area contributed by atoms with E-state index in [1.54, 1.807) is 13.8 Å². The van der Waals surface area contributed by atoms with E-state index in [1.165, 1.54) is 19.1 Å². The highest BCUT2D eigenvalue weighted by Gasteiger charge is 2.45. The van der Waals surface area contributed by atoms with Crippen LogP contribution >= 0.6 is 0 Å². The molecule has 20 heavy (non-hydrogen) atoms. The normalized spacial score (nSPS) is 16.8. The van der Waals surface area contributed by atoms with Gasteiger partial charge in [0.15, 0.2) is 5.60 Å². The maximum Gasteiger partial charge on any atom is 0.416 e. The van der Waals surface area contributed by atoms with Crippen molar-refractivity contribution in [2.24, 2.45) is 5.92 Å². The maximum absolute atomic E-state index is 12.5. The Balaban J connectivity index is 3.15. The zero-order valence-electron chi connectivity index (χ0n) is 11.4. The minimum atomic E-state index is -4.44. The van der Waals surface area contributed by atoms with Crippen molar-refractivity contribution in [2.75, 3.05) is 0 Å². The van der Waals surface area contributed by atoms with Gasteiger partial charge in [0.2, 0.25) is 0 Å². The second-order valence-corrected chi connectivity index (χ2v) is 5.13. The number of aliphatic carboxylic acids is 1. The summed E-state index contributed by atoms with van der Waals surface area (Å²) in [4.78, 5) is 11.3. The topological polar surface area (TPSA) is 57.5 Å². The first-order valence-corrected chi connectivity index (χ1v) is 6.14. The van der Waals surface area contributed by atoms with E-state index < -0.39 is 35.1 Å². The zero-order valence-corrected chi connectivity index (χ0v) is 11.4. The predicted molar refractivity (Wildman–Crippen MR) is 67.3 cm³/mol. The van der Waals surface area contributed by atoms with E-state index in [0.29, 0.717) is 5.56 Å². The van der Waals surface area contributed by atoms with Gasteiger partial charge in [-0.3, -0.25) is 0 Å². The fourth-order valence-electron chi connectivity index (χ4n) is 2.15. The molecule has 0 aliphatic rings. The molecule has 0 aliphatic carbocycles. The number of carboxylic acids is 1.